The Balaban J connectivity index is 1.66. The van der Waals surface area contributed by atoms with E-state index in [9.17, 15) is 4.39 Å². The zero-order chi connectivity index (χ0) is 19.5. The molecule has 6 nitrogen and oxygen atoms in total. The lowest BCUT2D eigenvalue weighted by Gasteiger charge is -2.16. The molecule has 2 heterocycles. The van der Waals surface area contributed by atoms with Crippen LogP contribution in [-0.4, -0.2) is 20.2 Å². The van der Waals surface area contributed by atoms with Gasteiger partial charge in [0.15, 0.2) is 5.82 Å². The van der Waals surface area contributed by atoms with Gasteiger partial charge in [-0.2, -0.15) is 10.1 Å². The van der Waals surface area contributed by atoms with Gasteiger partial charge < -0.3 is 10.6 Å². The Morgan fingerprint density at radius 2 is 1.86 bits per heavy atom. The number of anilines is 3. The van der Waals surface area contributed by atoms with Gasteiger partial charge in [-0.1, -0.05) is 31.2 Å². The van der Waals surface area contributed by atoms with Crippen molar-refractivity contribution in [3.63, 3.8) is 0 Å². The van der Waals surface area contributed by atoms with Gasteiger partial charge in [-0.3, -0.25) is 5.10 Å². The van der Waals surface area contributed by atoms with E-state index >= 15 is 0 Å². The average molecular weight is 376 g/mol. The smallest absolute Gasteiger partial charge is 0.225 e. The van der Waals surface area contributed by atoms with Gasteiger partial charge in [-0.25, -0.2) is 9.37 Å². The molecule has 0 amide bonds. The maximum Gasteiger partial charge on any atom is 0.225 e. The first kappa shape index (κ1) is 17.9. The molecule has 0 radical (unpaired) electrons. The van der Waals surface area contributed by atoms with Crippen LogP contribution in [0.2, 0.25) is 0 Å². The second kappa shape index (κ2) is 7.64. The number of hydrogen-bond donors (Lipinski definition) is 3. The van der Waals surface area contributed by atoms with E-state index in [1.807, 2.05) is 37.3 Å². The number of nitrogens with one attached hydrogen (secondary N) is 3. The lowest BCUT2D eigenvalue weighted by Crippen LogP contribution is -2.10. The summed E-state index contributed by atoms with van der Waals surface area (Å²) in [5.41, 5.74) is 2.82. The molecule has 1 unspecified atom stereocenters. The predicted molar refractivity (Wildman–Crippen MR) is 109 cm³/mol. The molecule has 7 heteroatoms. The zero-order valence-corrected chi connectivity index (χ0v) is 15.7. The van der Waals surface area contributed by atoms with Crippen molar-refractivity contribution in [3.8, 4) is 0 Å². The fourth-order valence-corrected chi connectivity index (χ4v) is 2.99. The Hall–Kier alpha value is -3.48. The molecular formula is C21H21FN6. The summed E-state index contributed by atoms with van der Waals surface area (Å²) in [6, 6.07) is 16.1. The number of H-pyrrole nitrogens is 1. The van der Waals surface area contributed by atoms with Crippen molar-refractivity contribution in [1.29, 1.82) is 0 Å². The van der Waals surface area contributed by atoms with Crippen molar-refractivity contribution in [1.82, 2.24) is 20.2 Å². The van der Waals surface area contributed by atoms with Gasteiger partial charge in [0.05, 0.1) is 11.6 Å². The van der Waals surface area contributed by atoms with Gasteiger partial charge >= 0.3 is 0 Å². The number of hydrogen-bond acceptors (Lipinski definition) is 5. The molecule has 0 spiro atoms. The van der Waals surface area contributed by atoms with E-state index < -0.39 is 0 Å². The molecule has 0 aliphatic heterocycles. The highest BCUT2D eigenvalue weighted by atomic mass is 19.1. The van der Waals surface area contributed by atoms with Crippen LogP contribution in [0.3, 0.4) is 0 Å². The van der Waals surface area contributed by atoms with Crippen molar-refractivity contribution in [2.45, 2.75) is 26.3 Å². The first-order chi connectivity index (χ1) is 13.6. The van der Waals surface area contributed by atoms with E-state index in [0.717, 1.165) is 28.6 Å². The molecule has 28 heavy (non-hydrogen) atoms. The lowest BCUT2D eigenvalue weighted by molar-refractivity contribution is 0.626. The SMILES string of the molecule is CCc1cc(Nc2nc(NC(C)c3ccc(F)cc3)nc3ccccc23)n[nH]1. The number of aromatic amines is 1. The predicted octanol–water partition coefficient (Wildman–Crippen LogP) is 4.97. The van der Waals surface area contributed by atoms with Gasteiger partial charge in [0, 0.05) is 17.1 Å². The summed E-state index contributed by atoms with van der Waals surface area (Å²) >= 11 is 0. The maximum absolute atomic E-state index is 13.2. The van der Waals surface area contributed by atoms with E-state index in [0.29, 0.717) is 17.6 Å². The summed E-state index contributed by atoms with van der Waals surface area (Å²) < 4.78 is 13.2. The van der Waals surface area contributed by atoms with Crippen LogP contribution in [0.4, 0.5) is 22.0 Å². The van der Waals surface area contributed by atoms with Gasteiger partial charge in [-0.15, -0.1) is 0 Å². The third-order valence-corrected chi connectivity index (χ3v) is 4.58. The molecule has 0 bridgehead atoms. The highest BCUT2D eigenvalue weighted by Gasteiger charge is 2.12. The number of nitrogens with zero attached hydrogens (tertiary/aromatic N) is 3. The second-order valence-corrected chi connectivity index (χ2v) is 6.59. The van der Waals surface area contributed by atoms with Gasteiger partial charge in [0.25, 0.3) is 0 Å². The van der Waals surface area contributed by atoms with E-state index in [-0.39, 0.29) is 11.9 Å². The molecule has 142 valence electrons. The molecular weight excluding hydrogens is 355 g/mol. The quantitative estimate of drug-likeness (QED) is 0.443. The number of benzene rings is 2. The minimum absolute atomic E-state index is 0.0771. The van der Waals surface area contributed by atoms with Crippen LogP contribution in [0.1, 0.15) is 31.1 Å². The van der Waals surface area contributed by atoms with E-state index in [1.54, 1.807) is 12.1 Å². The zero-order valence-electron chi connectivity index (χ0n) is 15.7. The minimum atomic E-state index is -0.255. The number of fused-ring (bicyclic) bond motifs is 1. The van der Waals surface area contributed by atoms with E-state index in [2.05, 4.69) is 37.7 Å². The molecule has 0 saturated heterocycles. The second-order valence-electron chi connectivity index (χ2n) is 6.59. The highest BCUT2D eigenvalue weighted by Crippen LogP contribution is 2.26. The Kier molecular flexibility index (Phi) is 4.89. The molecule has 0 saturated carbocycles. The molecule has 2 aromatic heterocycles. The largest absolute Gasteiger partial charge is 0.348 e. The fraction of sp³-hybridized carbons (Fsp3) is 0.190. The summed E-state index contributed by atoms with van der Waals surface area (Å²) in [5.74, 6) is 1.62. The summed E-state index contributed by atoms with van der Waals surface area (Å²) in [4.78, 5) is 9.27. The number of para-hydroxylation sites is 1. The third-order valence-electron chi connectivity index (χ3n) is 4.58. The van der Waals surface area contributed by atoms with Gasteiger partial charge in [0.2, 0.25) is 5.95 Å². The van der Waals surface area contributed by atoms with Crippen LogP contribution in [0.15, 0.2) is 54.6 Å². The average Bonchev–Trinajstić information content (AvgIpc) is 3.16. The summed E-state index contributed by atoms with van der Waals surface area (Å²) in [5, 5.41) is 14.8. The van der Waals surface area contributed by atoms with E-state index in [4.69, 9.17) is 0 Å². The maximum atomic E-state index is 13.2. The van der Waals surface area contributed by atoms with Crippen LogP contribution in [-0.2, 0) is 6.42 Å². The van der Waals surface area contributed by atoms with Crippen molar-refractivity contribution in [2.75, 3.05) is 10.6 Å². The molecule has 3 N–H and O–H groups in total. The molecule has 4 rings (SSSR count). The molecule has 0 aliphatic carbocycles. The fourth-order valence-electron chi connectivity index (χ4n) is 2.99. The van der Waals surface area contributed by atoms with Crippen molar-refractivity contribution >= 4 is 28.5 Å². The number of aromatic nitrogens is 4. The van der Waals surface area contributed by atoms with Gasteiger partial charge in [-0.05, 0) is 43.2 Å². The standard InChI is InChI=1S/C21H21FN6/c1-3-16-12-19(28-27-16)25-20-17-6-4-5-7-18(17)24-21(26-20)23-13(2)14-8-10-15(22)11-9-14/h4-13H,3H2,1-2H3,(H3,23,24,25,26,27,28). The Labute approximate surface area is 162 Å². The first-order valence-electron chi connectivity index (χ1n) is 9.22. The summed E-state index contributed by atoms with van der Waals surface area (Å²) in [7, 11) is 0. The van der Waals surface area contributed by atoms with Crippen LogP contribution in [0, 0.1) is 5.82 Å². The Morgan fingerprint density at radius 3 is 2.61 bits per heavy atom. The number of rotatable bonds is 6. The van der Waals surface area contributed by atoms with Crippen LogP contribution >= 0.6 is 0 Å². The molecule has 0 fully saturated rings. The number of aryl methyl sites for hydroxylation is 1. The molecule has 4 aromatic rings. The topological polar surface area (TPSA) is 78.5 Å². The Morgan fingerprint density at radius 1 is 1.07 bits per heavy atom. The van der Waals surface area contributed by atoms with Gasteiger partial charge in [0.1, 0.15) is 11.6 Å². The van der Waals surface area contributed by atoms with Crippen molar-refractivity contribution < 1.29 is 4.39 Å². The van der Waals surface area contributed by atoms with Crippen LogP contribution < -0.4 is 10.6 Å². The highest BCUT2D eigenvalue weighted by molar-refractivity contribution is 5.91. The van der Waals surface area contributed by atoms with E-state index in [1.165, 1.54) is 12.1 Å². The van der Waals surface area contributed by atoms with Crippen molar-refractivity contribution in [2.24, 2.45) is 0 Å². The summed E-state index contributed by atoms with van der Waals surface area (Å²) in [6.45, 7) is 4.05. The minimum Gasteiger partial charge on any atom is -0.348 e. The normalized spacial score (nSPS) is 12.1. The first-order valence-corrected chi connectivity index (χ1v) is 9.22. The Bertz CT molecular complexity index is 1090. The lowest BCUT2D eigenvalue weighted by atomic mass is 10.1. The third kappa shape index (κ3) is 3.78. The number of halogens is 1. The molecule has 0 aliphatic rings. The van der Waals surface area contributed by atoms with Crippen LogP contribution in [0.5, 0.6) is 0 Å². The molecule has 1 atom stereocenters. The van der Waals surface area contributed by atoms with Crippen LogP contribution in [0.25, 0.3) is 10.9 Å². The monoisotopic (exact) mass is 376 g/mol. The molecule has 2 aromatic carbocycles. The summed E-state index contributed by atoms with van der Waals surface area (Å²) in [6.07, 6.45) is 0.876. The van der Waals surface area contributed by atoms with Crippen molar-refractivity contribution in [3.05, 3.63) is 71.7 Å².